The molecule has 0 radical (unpaired) electrons. The molecule has 0 saturated heterocycles. The molecule has 16 heavy (non-hydrogen) atoms. The second-order valence-corrected chi connectivity index (χ2v) is 5.98. The summed E-state index contributed by atoms with van der Waals surface area (Å²) in [7, 11) is 0. The summed E-state index contributed by atoms with van der Waals surface area (Å²) < 4.78 is 14.1. The fourth-order valence-electron chi connectivity index (χ4n) is 1.52. The lowest BCUT2D eigenvalue weighted by Gasteiger charge is -2.32. The van der Waals surface area contributed by atoms with E-state index < -0.39 is 0 Å². The van der Waals surface area contributed by atoms with Crippen LogP contribution in [0.25, 0.3) is 0 Å². The maximum Gasteiger partial charge on any atom is 0.123 e. The van der Waals surface area contributed by atoms with Crippen LogP contribution < -0.4 is 0 Å². The van der Waals surface area contributed by atoms with Gasteiger partial charge in [-0.15, -0.1) is 11.6 Å². The van der Waals surface area contributed by atoms with Crippen molar-refractivity contribution in [1.82, 2.24) is 0 Å². The molecule has 1 rings (SSSR count). The van der Waals surface area contributed by atoms with Crippen molar-refractivity contribution in [2.75, 3.05) is 5.88 Å². The van der Waals surface area contributed by atoms with E-state index in [0.717, 1.165) is 16.5 Å². The lowest BCUT2D eigenvalue weighted by Crippen LogP contribution is -2.28. The second-order valence-electron chi connectivity index (χ2n) is 4.85. The molecular weight excluding hydrogens is 290 g/mol. The maximum absolute atomic E-state index is 13.2. The van der Waals surface area contributed by atoms with E-state index in [4.69, 9.17) is 11.6 Å². The van der Waals surface area contributed by atoms with Crippen molar-refractivity contribution >= 4 is 27.5 Å². The van der Waals surface area contributed by atoms with Crippen molar-refractivity contribution in [1.29, 1.82) is 0 Å². The molecule has 90 valence electrons. The number of hydrogen-bond donors (Lipinski definition) is 0. The van der Waals surface area contributed by atoms with Gasteiger partial charge in [-0.05, 0) is 41.5 Å². The zero-order chi connectivity index (χ0) is 12.3. The lowest BCUT2D eigenvalue weighted by molar-refractivity contribution is 0.253. The van der Waals surface area contributed by atoms with Crippen molar-refractivity contribution in [3.63, 3.8) is 0 Å². The Bertz CT molecular complexity index is 365. The summed E-state index contributed by atoms with van der Waals surface area (Å²) in [4.78, 5) is 0. The molecule has 0 aromatic heterocycles. The Labute approximate surface area is 110 Å². The van der Waals surface area contributed by atoms with Gasteiger partial charge in [-0.1, -0.05) is 36.7 Å². The lowest BCUT2D eigenvalue weighted by atomic mass is 9.76. The Kier molecular flexibility index (Phi) is 4.81. The average Bonchev–Trinajstić information content (AvgIpc) is 2.23. The first-order valence-electron chi connectivity index (χ1n) is 5.39. The largest absolute Gasteiger partial charge is 0.207 e. The number of benzene rings is 1. The SMILES string of the molecule is CC(C)C(C)(CCl)Cc1cc(F)ccc1Br. The minimum absolute atomic E-state index is 0.00211. The molecule has 0 N–H and O–H groups in total. The van der Waals surface area contributed by atoms with E-state index in [1.807, 2.05) is 0 Å². The van der Waals surface area contributed by atoms with Gasteiger partial charge in [-0.3, -0.25) is 0 Å². The van der Waals surface area contributed by atoms with Gasteiger partial charge in [0, 0.05) is 10.4 Å². The highest BCUT2D eigenvalue weighted by Gasteiger charge is 2.28. The van der Waals surface area contributed by atoms with E-state index in [2.05, 4.69) is 36.7 Å². The average molecular weight is 308 g/mol. The van der Waals surface area contributed by atoms with Gasteiger partial charge < -0.3 is 0 Å². The molecule has 0 fully saturated rings. The van der Waals surface area contributed by atoms with Crippen molar-refractivity contribution in [2.24, 2.45) is 11.3 Å². The number of alkyl halides is 1. The standard InChI is InChI=1S/C13H17BrClF/c1-9(2)13(3,8-15)7-10-6-11(16)4-5-12(10)14/h4-6,9H,7-8H2,1-3H3. The molecule has 0 saturated carbocycles. The smallest absolute Gasteiger partial charge is 0.123 e. The van der Waals surface area contributed by atoms with Gasteiger partial charge in [-0.2, -0.15) is 0 Å². The first-order chi connectivity index (χ1) is 7.39. The number of rotatable bonds is 4. The molecule has 1 aromatic carbocycles. The van der Waals surface area contributed by atoms with Crippen LogP contribution in [-0.4, -0.2) is 5.88 Å². The van der Waals surface area contributed by atoms with Crippen LogP contribution in [0.2, 0.25) is 0 Å². The van der Waals surface area contributed by atoms with E-state index in [1.54, 1.807) is 12.1 Å². The second kappa shape index (κ2) is 5.50. The molecule has 0 spiro atoms. The number of hydrogen-bond acceptors (Lipinski definition) is 0. The third-order valence-electron chi connectivity index (χ3n) is 3.30. The molecule has 0 nitrogen and oxygen atoms in total. The summed E-state index contributed by atoms with van der Waals surface area (Å²) in [5.74, 6) is 0.840. The van der Waals surface area contributed by atoms with E-state index >= 15 is 0 Å². The zero-order valence-corrected chi connectivity index (χ0v) is 12.2. The van der Waals surface area contributed by atoms with E-state index in [9.17, 15) is 4.39 Å². The Morgan fingerprint density at radius 1 is 1.44 bits per heavy atom. The minimum Gasteiger partial charge on any atom is -0.207 e. The van der Waals surface area contributed by atoms with Crippen molar-refractivity contribution in [2.45, 2.75) is 27.2 Å². The molecule has 0 amide bonds. The molecule has 1 aromatic rings. The Balaban J connectivity index is 2.98. The molecule has 1 atom stereocenters. The third kappa shape index (κ3) is 3.21. The van der Waals surface area contributed by atoms with E-state index in [0.29, 0.717) is 11.8 Å². The van der Waals surface area contributed by atoms with Gasteiger partial charge in [0.05, 0.1) is 0 Å². The first-order valence-corrected chi connectivity index (χ1v) is 6.71. The van der Waals surface area contributed by atoms with Crippen molar-refractivity contribution < 1.29 is 4.39 Å². The fourth-order valence-corrected chi connectivity index (χ4v) is 2.31. The van der Waals surface area contributed by atoms with Gasteiger partial charge in [0.2, 0.25) is 0 Å². The van der Waals surface area contributed by atoms with Crippen LogP contribution in [0.4, 0.5) is 4.39 Å². The zero-order valence-electron chi connectivity index (χ0n) is 9.86. The normalized spacial score (nSPS) is 15.2. The summed E-state index contributed by atoms with van der Waals surface area (Å²) >= 11 is 9.49. The summed E-state index contributed by atoms with van der Waals surface area (Å²) in [5, 5.41) is 0. The molecule has 0 aliphatic heterocycles. The molecule has 0 aliphatic carbocycles. The van der Waals surface area contributed by atoms with Crippen LogP contribution in [0, 0.1) is 17.2 Å². The van der Waals surface area contributed by atoms with E-state index in [1.165, 1.54) is 6.07 Å². The fraction of sp³-hybridized carbons (Fsp3) is 0.538. The molecular formula is C13H17BrClF. The molecule has 3 heteroatoms. The Morgan fingerprint density at radius 3 is 2.56 bits per heavy atom. The molecule has 1 unspecified atom stereocenters. The third-order valence-corrected chi connectivity index (χ3v) is 4.69. The highest BCUT2D eigenvalue weighted by molar-refractivity contribution is 9.10. The maximum atomic E-state index is 13.2. The summed E-state index contributed by atoms with van der Waals surface area (Å²) in [5.41, 5.74) is 0.981. The van der Waals surface area contributed by atoms with Gasteiger partial charge in [0.1, 0.15) is 5.82 Å². The van der Waals surface area contributed by atoms with Crippen LogP contribution in [0.15, 0.2) is 22.7 Å². The highest BCUT2D eigenvalue weighted by atomic mass is 79.9. The van der Waals surface area contributed by atoms with E-state index in [-0.39, 0.29) is 11.2 Å². The Morgan fingerprint density at radius 2 is 2.06 bits per heavy atom. The van der Waals surface area contributed by atoms with Crippen LogP contribution in [-0.2, 0) is 6.42 Å². The van der Waals surface area contributed by atoms with Crippen LogP contribution in [0.5, 0.6) is 0 Å². The quantitative estimate of drug-likeness (QED) is 0.684. The van der Waals surface area contributed by atoms with Gasteiger partial charge >= 0.3 is 0 Å². The summed E-state index contributed by atoms with van der Waals surface area (Å²) in [6.45, 7) is 6.44. The predicted octanol–water partition coefficient (Wildman–Crippen LogP) is 5.03. The summed E-state index contributed by atoms with van der Waals surface area (Å²) in [6, 6.07) is 4.79. The molecule has 0 heterocycles. The van der Waals surface area contributed by atoms with Crippen LogP contribution in [0.3, 0.4) is 0 Å². The van der Waals surface area contributed by atoms with Crippen molar-refractivity contribution in [3.8, 4) is 0 Å². The summed E-state index contributed by atoms with van der Waals surface area (Å²) in [6.07, 6.45) is 0.784. The van der Waals surface area contributed by atoms with Crippen LogP contribution in [0.1, 0.15) is 26.3 Å². The highest BCUT2D eigenvalue weighted by Crippen LogP contribution is 2.34. The number of halogens is 3. The predicted molar refractivity (Wildman–Crippen MR) is 71.5 cm³/mol. The first kappa shape index (κ1) is 14.0. The van der Waals surface area contributed by atoms with Gasteiger partial charge in [0.25, 0.3) is 0 Å². The minimum atomic E-state index is -0.195. The van der Waals surface area contributed by atoms with Gasteiger partial charge in [0.15, 0.2) is 0 Å². The molecule has 0 bridgehead atoms. The monoisotopic (exact) mass is 306 g/mol. The Hall–Kier alpha value is -0.0800. The van der Waals surface area contributed by atoms with Crippen LogP contribution >= 0.6 is 27.5 Å². The van der Waals surface area contributed by atoms with Gasteiger partial charge in [-0.25, -0.2) is 4.39 Å². The van der Waals surface area contributed by atoms with Crippen molar-refractivity contribution in [3.05, 3.63) is 34.1 Å². The molecule has 0 aliphatic rings. The topological polar surface area (TPSA) is 0 Å².